The number of sulfone groups is 1. The van der Waals surface area contributed by atoms with Gasteiger partial charge in [0, 0.05) is 28.5 Å². The molecular weight excluding hydrogens is 378 g/mol. The Morgan fingerprint density at radius 1 is 1.35 bits per heavy atom. The Bertz CT molecular complexity index is 954. The van der Waals surface area contributed by atoms with Crippen molar-refractivity contribution >= 4 is 44.2 Å². The number of hydrogen-bond acceptors (Lipinski definition) is 4. The van der Waals surface area contributed by atoms with Crippen molar-refractivity contribution in [3.05, 3.63) is 35.0 Å². The van der Waals surface area contributed by atoms with Gasteiger partial charge in [-0.3, -0.25) is 9.59 Å². The molecule has 26 heavy (non-hydrogen) atoms. The molecular formula is C17H20ClN3O4S. The first-order valence-corrected chi connectivity index (χ1v) is 10.5. The molecule has 2 heterocycles. The van der Waals surface area contributed by atoms with Gasteiger partial charge in [0.05, 0.1) is 18.1 Å². The maximum absolute atomic E-state index is 12.7. The van der Waals surface area contributed by atoms with Crippen LogP contribution < -0.4 is 5.32 Å². The van der Waals surface area contributed by atoms with Crippen molar-refractivity contribution in [2.45, 2.75) is 19.4 Å². The number of halogens is 1. The average Bonchev–Trinajstić information content (AvgIpc) is 3.14. The molecule has 1 atom stereocenters. The standard InChI is InChI=1S/C17H20ClN3O4S/c1-2-21(9-16(22)19-13-5-6-26(24,25)10-13)17(23)15-8-11-7-12(18)3-4-14(11)20-15/h3-4,7-8,13,20H,2,5-6,9-10H2,1H3,(H,19,22). The van der Waals surface area contributed by atoms with E-state index in [1.165, 1.54) is 4.90 Å². The quantitative estimate of drug-likeness (QED) is 0.800. The first kappa shape index (κ1) is 18.7. The second kappa shape index (κ2) is 7.28. The molecule has 0 radical (unpaired) electrons. The van der Waals surface area contributed by atoms with Crippen molar-refractivity contribution in [3.8, 4) is 0 Å². The lowest BCUT2D eigenvalue weighted by Crippen LogP contribution is -2.44. The summed E-state index contributed by atoms with van der Waals surface area (Å²) in [6.07, 6.45) is 0.414. The lowest BCUT2D eigenvalue weighted by atomic mass is 10.2. The highest BCUT2D eigenvalue weighted by molar-refractivity contribution is 7.91. The second-order valence-corrected chi connectivity index (χ2v) is 9.07. The van der Waals surface area contributed by atoms with Gasteiger partial charge in [-0.1, -0.05) is 11.6 Å². The molecule has 2 N–H and O–H groups in total. The molecule has 1 saturated heterocycles. The number of nitrogens with zero attached hydrogens (tertiary/aromatic N) is 1. The van der Waals surface area contributed by atoms with Gasteiger partial charge in [0.25, 0.3) is 5.91 Å². The van der Waals surface area contributed by atoms with Gasteiger partial charge in [-0.05, 0) is 37.6 Å². The highest BCUT2D eigenvalue weighted by Crippen LogP contribution is 2.21. The number of hydrogen-bond donors (Lipinski definition) is 2. The molecule has 3 rings (SSSR count). The van der Waals surface area contributed by atoms with Gasteiger partial charge in [0.15, 0.2) is 9.84 Å². The van der Waals surface area contributed by atoms with Crippen LogP contribution in [0.1, 0.15) is 23.8 Å². The molecule has 0 saturated carbocycles. The third-order valence-corrected chi connectivity index (χ3v) is 6.42. The van der Waals surface area contributed by atoms with E-state index >= 15 is 0 Å². The molecule has 0 aliphatic carbocycles. The van der Waals surface area contributed by atoms with E-state index in [-0.39, 0.29) is 35.9 Å². The van der Waals surface area contributed by atoms with Crippen LogP contribution in [0.2, 0.25) is 5.02 Å². The molecule has 1 aliphatic heterocycles. The predicted octanol–water partition coefficient (Wildman–Crippen LogP) is 1.59. The molecule has 0 bridgehead atoms. The van der Waals surface area contributed by atoms with Gasteiger partial charge in [-0.15, -0.1) is 0 Å². The summed E-state index contributed by atoms with van der Waals surface area (Å²) < 4.78 is 22.9. The number of rotatable bonds is 5. The molecule has 2 aromatic rings. The normalized spacial score (nSPS) is 18.8. The summed E-state index contributed by atoms with van der Waals surface area (Å²) in [6.45, 7) is 2.01. The van der Waals surface area contributed by atoms with E-state index in [0.717, 1.165) is 10.9 Å². The van der Waals surface area contributed by atoms with Crippen molar-refractivity contribution in [2.24, 2.45) is 0 Å². The maximum Gasteiger partial charge on any atom is 0.270 e. The van der Waals surface area contributed by atoms with Crippen LogP contribution in [0.3, 0.4) is 0 Å². The van der Waals surface area contributed by atoms with Crippen molar-refractivity contribution in [1.82, 2.24) is 15.2 Å². The summed E-state index contributed by atoms with van der Waals surface area (Å²) >= 11 is 5.96. The Morgan fingerprint density at radius 2 is 2.12 bits per heavy atom. The second-order valence-electron chi connectivity index (χ2n) is 6.40. The number of carbonyl (C=O) groups is 2. The van der Waals surface area contributed by atoms with E-state index in [1.54, 1.807) is 31.2 Å². The zero-order valence-corrected chi connectivity index (χ0v) is 15.9. The Morgan fingerprint density at radius 3 is 2.77 bits per heavy atom. The minimum absolute atomic E-state index is 0.0401. The summed E-state index contributed by atoms with van der Waals surface area (Å²) in [5.41, 5.74) is 1.16. The molecule has 1 aromatic carbocycles. The summed E-state index contributed by atoms with van der Waals surface area (Å²) in [7, 11) is -3.06. The van der Waals surface area contributed by atoms with Crippen LogP contribution >= 0.6 is 11.6 Å². The predicted molar refractivity (Wildman–Crippen MR) is 100 cm³/mol. The third kappa shape index (κ3) is 4.19. The van der Waals surface area contributed by atoms with E-state index < -0.39 is 9.84 Å². The summed E-state index contributed by atoms with van der Waals surface area (Å²) in [5.74, 6) is -0.608. The van der Waals surface area contributed by atoms with Gasteiger partial charge in [-0.2, -0.15) is 0 Å². The largest absolute Gasteiger partial charge is 0.351 e. The zero-order chi connectivity index (χ0) is 18.9. The fourth-order valence-electron chi connectivity index (χ4n) is 3.07. The van der Waals surface area contributed by atoms with Crippen molar-refractivity contribution in [2.75, 3.05) is 24.6 Å². The number of H-pyrrole nitrogens is 1. The lowest BCUT2D eigenvalue weighted by Gasteiger charge is -2.21. The molecule has 140 valence electrons. The van der Waals surface area contributed by atoms with E-state index in [4.69, 9.17) is 11.6 Å². The van der Waals surface area contributed by atoms with Crippen LogP contribution in [0.25, 0.3) is 10.9 Å². The van der Waals surface area contributed by atoms with Gasteiger partial charge >= 0.3 is 0 Å². The summed E-state index contributed by atoms with van der Waals surface area (Å²) in [5, 5.41) is 4.09. The Balaban J connectivity index is 1.67. The zero-order valence-electron chi connectivity index (χ0n) is 14.3. The van der Waals surface area contributed by atoms with Crippen molar-refractivity contribution in [3.63, 3.8) is 0 Å². The third-order valence-electron chi connectivity index (χ3n) is 4.41. The highest BCUT2D eigenvalue weighted by Gasteiger charge is 2.29. The van der Waals surface area contributed by atoms with Crippen LogP contribution in [0, 0.1) is 0 Å². The van der Waals surface area contributed by atoms with E-state index in [0.29, 0.717) is 23.7 Å². The minimum atomic E-state index is -3.06. The molecule has 1 aromatic heterocycles. The van der Waals surface area contributed by atoms with Crippen molar-refractivity contribution < 1.29 is 18.0 Å². The average molecular weight is 398 g/mol. The van der Waals surface area contributed by atoms with E-state index in [2.05, 4.69) is 10.3 Å². The van der Waals surface area contributed by atoms with Gasteiger partial charge < -0.3 is 15.2 Å². The molecule has 0 spiro atoms. The minimum Gasteiger partial charge on any atom is -0.351 e. The number of likely N-dealkylation sites (N-methyl/N-ethyl adjacent to an activating group) is 1. The molecule has 1 unspecified atom stereocenters. The number of aromatic amines is 1. The van der Waals surface area contributed by atoms with E-state index in [9.17, 15) is 18.0 Å². The highest BCUT2D eigenvalue weighted by atomic mass is 35.5. The SMILES string of the molecule is CCN(CC(=O)NC1CCS(=O)(=O)C1)C(=O)c1cc2cc(Cl)ccc2[nH]1. The number of benzene rings is 1. The Kier molecular flexibility index (Phi) is 5.24. The Labute approximate surface area is 156 Å². The lowest BCUT2D eigenvalue weighted by molar-refractivity contribution is -0.122. The van der Waals surface area contributed by atoms with Crippen LogP contribution in [-0.4, -0.2) is 60.8 Å². The van der Waals surface area contributed by atoms with E-state index in [1.807, 2.05) is 0 Å². The maximum atomic E-state index is 12.7. The smallest absolute Gasteiger partial charge is 0.270 e. The monoisotopic (exact) mass is 397 g/mol. The number of aromatic nitrogens is 1. The fourth-order valence-corrected chi connectivity index (χ4v) is 4.93. The molecule has 1 fully saturated rings. The van der Waals surface area contributed by atoms with Gasteiger partial charge in [0.2, 0.25) is 5.91 Å². The summed E-state index contributed by atoms with van der Waals surface area (Å²) in [6, 6.07) is 6.60. The van der Waals surface area contributed by atoms with Gasteiger partial charge in [0.1, 0.15) is 5.69 Å². The molecule has 1 aliphatic rings. The number of fused-ring (bicyclic) bond motifs is 1. The van der Waals surface area contributed by atoms with Crippen molar-refractivity contribution in [1.29, 1.82) is 0 Å². The van der Waals surface area contributed by atoms with Gasteiger partial charge in [-0.25, -0.2) is 8.42 Å². The number of amides is 2. The van der Waals surface area contributed by atoms with Crippen LogP contribution in [0.5, 0.6) is 0 Å². The molecule has 2 amide bonds. The topological polar surface area (TPSA) is 99.3 Å². The number of carbonyl (C=O) groups excluding carboxylic acids is 2. The number of nitrogens with one attached hydrogen (secondary N) is 2. The first-order valence-electron chi connectivity index (χ1n) is 8.35. The molecule has 7 nitrogen and oxygen atoms in total. The summed E-state index contributed by atoms with van der Waals surface area (Å²) in [4.78, 5) is 29.3. The fraction of sp³-hybridized carbons (Fsp3) is 0.412. The Hall–Kier alpha value is -2.06. The van der Waals surface area contributed by atoms with Crippen LogP contribution in [0.15, 0.2) is 24.3 Å². The van der Waals surface area contributed by atoms with Crippen LogP contribution in [0.4, 0.5) is 0 Å². The first-order chi connectivity index (χ1) is 12.3. The molecule has 9 heteroatoms. The van der Waals surface area contributed by atoms with Crippen LogP contribution in [-0.2, 0) is 14.6 Å².